The maximum atomic E-state index is 12.1. The molecule has 0 aliphatic heterocycles. The number of nitrogen functional groups attached to an aromatic ring is 1. The summed E-state index contributed by atoms with van der Waals surface area (Å²) in [5.74, 6) is -0.340. The number of amides is 1. The second kappa shape index (κ2) is 5.24. The molecule has 0 saturated carbocycles. The minimum atomic E-state index is -0.340. The van der Waals surface area contributed by atoms with Crippen molar-refractivity contribution in [2.24, 2.45) is 0 Å². The minimum absolute atomic E-state index is 0.0414. The number of H-pyrrole nitrogens is 1. The van der Waals surface area contributed by atoms with E-state index in [1.165, 1.54) is 11.3 Å². The van der Waals surface area contributed by atoms with Crippen LogP contribution >= 0.6 is 11.3 Å². The van der Waals surface area contributed by atoms with Gasteiger partial charge in [0.15, 0.2) is 10.8 Å². The number of aromatic nitrogens is 3. The van der Waals surface area contributed by atoms with Crippen LogP contribution in [0, 0.1) is 0 Å². The van der Waals surface area contributed by atoms with Crippen LogP contribution in [0.5, 0.6) is 0 Å². The van der Waals surface area contributed by atoms with E-state index < -0.39 is 0 Å². The van der Waals surface area contributed by atoms with Crippen LogP contribution in [0.15, 0.2) is 5.38 Å². The summed E-state index contributed by atoms with van der Waals surface area (Å²) in [5.41, 5.74) is 8.16. The number of anilines is 2. The number of hydrogen-bond donors (Lipinski definition) is 3. The van der Waals surface area contributed by atoms with Crippen molar-refractivity contribution in [3.63, 3.8) is 0 Å². The van der Waals surface area contributed by atoms with Gasteiger partial charge in [0.1, 0.15) is 0 Å². The monoisotopic (exact) mass is 293 g/mol. The van der Waals surface area contributed by atoms with E-state index in [-0.39, 0.29) is 17.0 Å². The average molecular weight is 293 g/mol. The molecule has 2 aromatic rings. The zero-order valence-electron chi connectivity index (χ0n) is 12.1. The van der Waals surface area contributed by atoms with E-state index in [0.29, 0.717) is 17.2 Å². The Bertz CT molecular complexity index is 623. The fourth-order valence-corrected chi connectivity index (χ4v) is 2.59. The number of carbonyl (C=O) groups is 1. The molecule has 0 bridgehead atoms. The Kier molecular flexibility index (Phi) is 3.80. The van der Waals surface area contributed by atoms with E-state index >= 15 is 0 Å². The number of hydrogen-bond acceptors (Lipinski definition) is 5. The maximum absolute atomic E-state index is 12.1. The van der Waals surface area contributed by atoms with Crippen molar-refractivity contribution in [2.45, 2.75) is 39.5 Å². The number of rotatable bonds is 3. The van der Waals surface area contributed by atoms with Gasteiger partial charge in [-0.15, -0.1) is 11.3 Å². The quantitative estimate of drug-likeness (QED) is 0.810. The smallest absolute Gasteiger partial charge is 0.280 e. The summed E-state index contributed by atoms with van der Waals surface area (Å²) in [5, 5.41) is 12.0. The lowest BCUT2D eigenvalue weighted by Gasteiger charge is -2.14. The summed E-state index contributed by atoms with van der Waals surface area (Å²) < 4.78 is 0. The molecule has 1 amide bonds. The Balaban J connectivity index is 2.15. The lowest BCUT2D eigenvalue weighted by molar-refractivity contribution is 0.102. The van der Waals surface area contributed by atoms with Gasteiger partial charge in [-0.3, -0.25) is 15.2 Å². The van der Waals surface area contributed by atoms with Crippen LogP contribution in [0.3, 0.4) is 0 Å². The molecule has 20 heavy (non-hydrogen) atoms. The third-order valence-corrected chi connectivity index (χ3v) is 3.70. The Morgan fingerprint density at radius 3 is 2.70 bits per heavy atom. The molecular weight excluding hydrogens is 274 g/mol. The summed E-state index contributed by atoms with van der Waals surface area (Å²) in [4.78, 5) is 16.5. The van der Waals surface area contributed by atoms with Gasteiger partial charge in [-0.2, -0.15) is 5.10 Å². The first kappa shape index (κ1) is 14.5. The molecule has 6 nitrogen and oxygen atoms in total. The number of carbonyl (C=O) groups excluding carboxylic acids is 1. The van der Waals surface area contributed by atoms with Gasteiger partial charge in [-0.25, -0.2) is 4.98 Å². The molecule has 0 radical (unpaired) electrons. The van der Waals surface area contributed by atoms with Gasteiger partial charge in [0.05, 0.1) is 17.1 Å². The van der Waals surface area contributed by atoms with E-state index in [9.17, 15) is 4.79 Å². The van der Waals surface area contributed by atoms with Crippen LogP contribution < -0.4 is 11.1 Å². The van der Waals surface area contributed by atoms with Crippen molar-refractivity contribution in [1.82, 2.24) is 15.2 Å². The molecule has 2 rings (SSSR count). The Morgan fingerprint density at radius 2 is 2.20 bits per heavy atom. The molecule has 0 aliphatic rings. The average Bonchev–Trinajstić information content (AvgIpc) is 2.95. The van der Waals surface area contributed by atoms with Crippen LogP contribution in [0.4, 0.5) is 10.8 Å². The van der Waals surface area contributed by atoms with Crippen molar-refractivity contribution >= 4 is 28.1 Å². The zero-order chi connectivity index (χ0) is 14.9. The molecule has 0 fully saturated rings. The minimum Gasteiger partial charge on any atom is -0.395 e. The molecule has 0 atom stereocenters. The summed E-state index contributed by atoms with van der Waals surface area (Å²) >= 11 is 1.40. The van der Waals surface area contributed by atoms with Crippen LogP contribution in [0.1, 0.15) is 49.6 Å². The third kappa shape index (κ3) is 2.82. The lowest BCUT2D eigenvalue weighted by atomic mass is 9.93. The largest absolute Gasteiger partial charge is 0.395 e. The van der Waals surface area contributed by atoms with E-state index in [2.05, 4.69) is 41.3 Å². The fourth-order valence-electron chi connectivity index (χ4n) is 1.66. The van der Waals surface area contributed by atoms with Crippen molar-refractivity contribution in [3.05, 3.63) is 22.5 Å². The van der Waals surface area contributed by atoms with Gasteiger partial charge in [0.2, 0.25) is 0 Å². The molecule has 2 aromatic heterocycles. The van der Waals surface area contributed by atoms with Gasteiger partial charge in [0.25, 0.3) is 5.91 Å². The lowest BCUT2D eigenvalue weighted by Crippen LogP contribution is -2.15. The van der Waals surface area contributed by atoms with E-state index in [1.54, 1.807) is 0 Å². The molecule has 7 heteroatoms. The van der Waals surface area contributed by atoms with Gasteiger partial charge in [-0.1, -0.05) is 27.7 Å². The molecule has 0 aromatic carbocycles. The fraction of sp³-hybridized carbons (Fsp3) is 0.462. The SMILES string of the molecule is CCc1[nH]nc(C(=O)Nc2nc(C(C)(C)C)cs2)c1N. The van der Waals surface area contributed by atoms with E-state index in [1.807, 2.05) is 12.3 Å². The van der Waals surface area contributed by atoms with Gasteiger partial charge >= 0.3 is 0 Å². The van der Waals surface area contributed by atoms with Gasteiger partial charge in [0, 0.05) is 10.8 Å². The Labute approximate surface area is 121 Å². The first-order valence-electron chi connectivity index (χ1n) is 6.43. The summed E-state index contributed by atoms with van der Waals surface area (Å²) in [6, 6.07) is 0. The van der Waals surface area contributed by atoms with E-state index in [4.69, 9.17) is 5.73 Å². The standard InChI is InChI=1S/C13H19N5OS/c1-5-7-9(14)10(18-17-7)11(19)16-12-15-8(6-20-12)13(2,3)4/h6H,5,14H2,1-4H3,(H,17,18)(H,15,16,19). The van der Waals surface area contributed by atoms with Crippen LogP contribution in [0.2, 0.25) is 0 Å². The molecule has 0 spiro atoms. The third-order valence-electron chi connectivity index (χ3n) is 2.94. The molecule has 0 aliphatic carbocycles. The van der Waals surface area contributed by atoms with Crippen LogP contribution in [0.25, 0.3) is 0 Å². The zero-order valence-corrected chi connectivity index (χ0v) is 12.9. The summed E-state index contributed by atoms with van der Waals surface area (Å²) in [6.07, 6.45) is 0.706. The first-order chi connectivity index (χ1) is 9.32. The highest BCUT2D eigenvalue weighted by molar-refractivity contribution is 7.14. The van der Waals surface area contributed by atoms with Crippen molar-refractivity contribution < 1.29 is 4.79 Å². The molecule has 0 unspecified atom stereocenters. The molecule has 108 valence electrons. The first-order valence-corrected chi connectivity index (χ1v) is 7.31. The number of aryl methyl sites for hydroxylation is 1. The molecule has 2 heterocycles. The predicted octanol–water partition coefficient (Wildman–Crippen LogP) is 2.56. The Morgan fingerprint density at radius 1 is 1.50 bits per heavy atom. The Hall–Kier alpha value is -1.89. The second-order valence-corrected chi connectivity index (χ2v) is 6.42. The number of nitrogens with two attached hydrogens (primary N) is 1. The highest BCUT2D eigenvalue weighted by Crippen LogP contribution is 2.27. The van der Waals surface area contributed by atoms with Crippen molar-refractivity contribution in [1.29, 1.82) is 0 Å². The summed E-state index contributed by atoms with van der Waals surface area (Å²) in [7, 11) is 0. The van der Waals surface area contributed by atoms with Gasteiger partial charge < -0.3 is 5.73 Å². The molecule has 0 saturated heterocycles. The topological polar surface area (TPSA) is 96.7 Å². The van der Waals surface area contributed by atoms with Crippen LogP contribution in [-0.4, -0.2) is 21.1 Å². The van der Waals surface area contributed by atoms with E-state index in [0.717, 1.165) is 11.4 Å². The normalized spacial score (nSPS) is 11.6. The number of aromatic amines is 1. The highest BCUT2D eigenvalue weighted by atomic mass is 32.1. The van der Waals surface area contributed by atoms with Crippen molar-refractivity contribution in [2.75, 3.05) is 11.1 Å². The van der Waals surface area contributed by atoms with Crippen molar-refractivity contribution in [3.8, 4) is 0 Å². The van der Waals surface area contributed by atoms with Gasteiger partial charge in [-0.05, 0) is 6.42 Å². The highest BCUT2D eigenvalue weighted by Gasteiger charge is 2.20. The number of thiazole rings is 1. The summed E-state index contributed by atoms with van der Waals surface area (Å²) in [6.45, 7) is 8.18. The molecular formula is C13H19N5OS. The maximum Gasteiger partial charge on any atom is 0.280 e. The number of nitrogens with one attached hydrogen (secondary N) is 2. The number of nitrogens with zero attached hydrogens (tertiary/aromatic N) is 2. The predicted molar refractivity (Wildman–Crippen MR) is 81.1 cm³/mol. The van der Waals surface area contributed by atoms with Crippen LogP contribution in [-0.2, 0) is 11.8 Å². The second-order valence-electron chi connectivity index (χ2n) is 5.56. The molecule has 4 N–H and O–H groups in total.